The zero-order valence-electron chi connectivity index (χ0n) is 17.6. The lowest BCUT2D eigenvalue weighted by molar-refractivity contribution is -0.135. The van der Waals surface area contributed by atoms with Crippen molar-refractivity contribution in [2.24, 2.45) is 11.8 Å². The average Bonchev–Trinajstić information content (AvgIpc) is 2.73. The van der Waals surface area contributed by atoms with E-state index < -0.39 is 0 Å². The maximum absolute atomic E-state index is 12.5. The molecule has 0 saturated carbocycles. The molecule has 0 unspecified atom stereocenters. The van der Waals surface area contributed by atoms with Gasteiger partial charge in [0.05, 0.1) is 5.92 Å². The number of anilines is 2. The minimum Gasteiger partial charge on any atom is -0.353 e. The van der Waals surface area contributed by atoms with Crippen LogP contribution in [0, 0.1) is 11.8 Å². The summed E-state index contributed by atoms with van der Waals surface area (Å²) in [6.45, 7) is 6.89. The van der Waals surface area contributed by atoms with Gasteiger partial charge in [0, 0.05) is 44.0 Å². The van der Waals surface area contributed by atoms with Gasteiger partial charge in [0.1, 0.15) is 0 Å². The quantitative estimate of drug-likeness (QED) is 0.825. The van der Waals surface area contributed by atoms with Crippen LogP contribution in [0.2, 0.25) is 0 Å². The second-order valence-electron chi connectivity index (χ2n) is 8.55. The van der Waals surface area contributed by atoms with E-state index in [-0.39, 0.29) is 23.7 Å². The molecule has 2 amide bonds. The minimum atomic E-state index is -0.0329. The number of nitrogens with one attached hydrogen (secondary N) is 1. The number of aromatic nitrogens is 2. The highest BCUT2D eigenvalue weighted by molar-refractivity contribution is 5.94. The van der Waals surface area contributed by atoms with Crippen molar-refractivity contribution in [1.29, 1.82) is 0 Å². The molecule has 0 spiro atoms. The topological polar surface area (TPSA) is 78.4 Å². The van der Waals surface area contributed by atoms with Crippen LogP contribution < -0.4 is 10.2 Å². The predicted molar refractivity (Wildman–Crippen MR) is 116 cm³/mol. The van der Waals surface area contributed by atoms with Crippen molar-refractivity contribution >= 4 is 23.3 Å². The summed E-state index contributed by atoms with van der Waals surface area (Å²) in [6, 6.07) is 11.9. The van der Waals surface area contributed by atoms with Crippen LogP contribution in [0.5, 0.6) is 0 Å². The number of nitrogens with zero attached hydrogens (tertiary/aromatic N) is 4. The second-order valence-corrected chi connectivity index (χ2v) is 8.55. The SMILES string of the molecule is CC(C)C(=O)N1CCC(c2ccc(NC(=O)C3CN(c4cccnn4)C3)cc2)CC1. The molecular weight excluding hydrogens is 378 g/mol. The standard InChI is InChI=1S/C23H29N5O2/c1-16(2)23(30)27-12-9-18(10-13-27)17-5-7-20(8-6-17)25-22(29)19-14-28(15-19)21-4-3-11-24-26-21/h3-8,11,16,18-19H,9-10,12-15H2,1-2H3,(H,25,29). The molecule has 1 aromatic heterocycles. The lowest BCUT2D eigenvalue weighted by atomic mass is 9.89. The maximum atomic E-state index is 12.5. The first-order valence-electron chi connectivity index (χ1n) is 10.7. The Morgan fingerprint density at radius 2 is 1.77 bits per heavy atom. The van der Waals surface area contributed by atoms with Crippen LogP contribution in [-0.2, 0) is 9.59 Å². The second kappa shape index (κ2) is 8.81. The largest absolute Gasteiger partial charge is 0.353 e. The van der Waals surface area contributed by atoms with E-state index in [1.165, 1.54) is 5.56 Å². The number of carbonyl (C=O) groups excluding carboxylic acids is 2. The zero-order valence-corrected chi connectivity index (χ0v) is 17.6. The van der Waals surface area contributed by atoms with Crippen LogP contribution in [0.15, 0.2) is 42.6 Å². The van der Waals surface area contributed by atoms with E-state index in [0.717, 1.165) is 37.4 Å². The van der Waals surface area contributed by atoms with Gasteiger partial charge in [-0.3, -0.25) is 9.59 Å². The van der Waals surface area contributed by atoms with Crippen LogP contribution in [0.3, 0.4) is 0 Å². The summed E-state index contributed by atoms with van der Waals surface area (Å²) < 4.78 is 0. The van der Waals surface area contributed by atoms with E-state index in [0.29, 0.717) is 19.0 Å². The molecule has 2 aromatic rings. The van der Waals surface area contributed by atoms with Crippen LogP contribution in [0.25, 0.3) is 0 Å². The van der Waals surface area contributed by atoms with Crippen molar-refractivity contribution < 1.29 is 9.59 Å². The smallest absolute Gasteiger partial charge is 0.231 e. The Morgan fingerprint density at radius 3 is 2.37 bits per heavy atom. The molecule has 3 heterocycles. The number of likely N-dealkylation sites (tertiary alicyclic amines) is 1. The first kappa shape index (κ1) is 20.3. The molecule has 4 rings (SSSR count). The molecule has 1 N–H and O–H groups in total. The Bertz CT molecular complexity index is 870. The molecule has 0 bridgehead atoms. The normalized spacial score (nSPS) is 17.7. The van der Waals surface area contributed by atoms with E-state index in [4.69, 9.17) is 0 Å². The average molecular weight is 408 g/mol. The third-order valence-electron chi connectivity index (χ3n) is 6.08. The molecular formula is C23H29N5O2. The van der Waals surface area contributed by atoms with Gasteiger partial charge in [-0.1, -0.05) is 26.0 Å². The maximum Gasteiger partial charge on any atom is 0.231 e. The molecule has 0 aliphatic carbocycles. The van der Waals surface area contributed by atoms with Gasteiger partial charge in [0.15, 0.2) is 5.82 Å². The monoisotopic (exact) mass is 407 g/mol. The van der Waals surface area contributed by atoms with Gasteiger partial charge in [0.25, 0.3) is 0 Å². The van der Waals surface area contributed by atoms with Crippen molar-refractivity contribution in [2.75, 3.05) is 36.4 Å². The minimum absolute atomic E-state index is 0.0329. The predicted octanol–water partition coefficient (Wildman–Crippen LogP) is 2.91. The van der Waals surface area contributed by atoms with Crippen molar-refractivity contribution in [3.8, 4) is 0 Å². The van der Waals surface area contributed by atoms with Crippen molar-refractivity contribution in [3.05, 3.63) is 48.2 Å². The fraction of sp³-hybridized carbons (Fsp3) is 0.478. The lowest BCUT2D eigenvalue weighted by Gasteiger charge is -2.38. The lowest BCUT2D eigenvalue weighted by Crippen LogP contribution is -2.52. The molecule has 2 aliphatic rings. The Morgan fingerprint density at radius 1 is 1.07 bits per heavy atom. The highest BCUT2D eigenvalue weighted by atomic mass is 16.2. The molecule has 2 fully saturated rings. The molecule has 2 aliphatic heterocycles. The fourth-order valence-corrected chi connectivity index (χ4v) is 4.17. The molecule has 7 nitrogen and oxygen atoms in total. The van der Waals surface area contributed by atoms with E-state index >= 15 is 0 Å². The molecule has 0 radical (unpaired) electrons. The van der Waals surface area contributed by atoms with Gasteiger partial charge in [-0.25, -0.2) is 0 Å². The van der Waals surface area contributed by atoms with Gasteiger partial charge in [-0.05, 0) is 48.6 Å². The Balaban J connectivity index is 1.25. The summed E-state index contributed by atoms with van der Waals surface area (Å²) in [4.78, 5) is 28.7. The van der Waals surface area contributed by atoms with E-state index in [2.05, 4.69) is 32.5 Å². The number of amides is 2. The highest BCUT2D eigenvalue weighted by Crippen LogP contribution is 2.30. The molecule has 1 aromatic carbocycles. The number of hydrogen-bond acceptors (Lipinski definition) is 5. The highest BCUT2D eigenvalue weighted by Gasteiger charge is 2.33. The summed E-state index contributed by atoms with van der Waals surface area (Å²) in [6.07, 6.45) is 3.63. The van der Waals surface area contributed by atoms with Gasteiger partial charge < -0.3 is 15.1 Å². The van der Waals surface area contributed by atoms with E-state index in [9.17, 15) is 9.59 Å². The third kappa shape index (κ3) is 4.45. The van der Waals surface area contributed by atoms with Crippen LogP contribution in [0.4, 0.5) is 11.5 Å². The van der Waals surface area contributed by atoms with E-state index in [1.54, 1.807) is 6.20 Å². The van der Waals surface area contributed by atoms with Crippen molar-refractivity contribution in [2.45, 2.75) is 32.6 Å². The summed E-state index contributed by atoms with van der Waals surface area (Å²) in [5.74, 6) is 1.61. The van der Waals surface area contributed by atoms with E-state index in [1.807, 2.05) is 43.0 Å². The summed E-state index contributed by atoms with van der Waals surface area (Å²) in [7, 11) is 0. The van der Waals surface area contributed by atoms with Crippen molar-refractivity contribution in [1.82, 2.24) is 15.1 Å². The van der Waals surface area contributed by atoms with Crippen molar-refractivity contribution in [3.63, 3.8) is 0 Å². The molecule has 2 saturated heterocycles. The Hall–Kier alpha value is -2.96. The van der Waals surface area contributed by atoms with Crippen LogP contribution in [0.1, 0.15) is 38.2 Å². The van der Waals surface area contributed by atoms with Gasteiger partial charge in [0.2, 0.25) is 11.8 Å². The first-order valence-corrected chi connectivity index (χ1v) is 10.7. The summed E-state index contributed by atoms with van der Waals surface area (Å²) in [5.41, 5.74) is 2.11. The fourth-order valence-electron chi connectivity index (χ4n) is 4.17. The summed E-state index contributed by atoms with van der Waals surface area (Å²) >= 11 is 0. The molecule has 30 heavy (non-hydrogen) atoms. The number of benzene rings is 1. The number of piperidine rings is 1. The van der Waals surface area contributed by atoms with Gasteiger partial charge in [-0.2, -0.15) is 5.10 Å². The summed E-state index contributed by atoms with van der Waals surface area (Å²) in [5, 5.41) is 11.0. The Labute approximate surface area is 177 Å². The number of carbonyl (C=O) groups is 2. The molecule has 158 valence electrons. The zero-order chi connectivity index (χ0) is 21.1. The number of rotatable bonds is 5. The van der Waals surface area contributed by atoms with Gasteiger partial charge in [-0.15, -0.1) is 5.10 Å². The van der Waals surface area contributed by atoms with Crippen LogP contribution in [-0.4, -0.2) is 53.1 Å². The molecule has 7 heteroatoms. The third-order valence-corrected chi connectivity index (χ3v) is 6.08. The number of hydrogen-bond donors (Lipinski definition) is 1. The van der Waals surface area contributed by atoms with Gasteiger partial charge >= 0.3 is 0 Å². The van der Waals surface area contributed by atoms with Crippen LogP contribution >= 0.6 is 0 Å². The first-order chi connectivity index (χ1) is 14.5. The Kier molecular flexibility index (Phi) is 5.97. The molecule has 0 atom stereocenters.